The number of carbonyl (C=O) groups excluding carboxylic acids is 3. The molecule has 0 aliphatic rings. The van der Waals surface area contributed by atoms with Gasteiger partial charge in [-0.2, -0.15) is 0 Å². The molecule has 3 unspecified atom stereocenters. The quantitative estimate of drug-likeness (QED) is 0.0197. The number of carbonyl (C=O) groups is 3. The largest absolute Gasteiger partial charge is 0.472 e. The van der Waals surface area contributed by atoms with E-state index in [2.05, 4.69) is 93.7 Å². The van der Waals surface area contributed by atoms with Crippen molar-refractivity contribution in [3.63, 3.8) is 0 Å². The highest BCUT2D eigenvalue weighted by Gasteiger charge is 2.28. The summed E-state index contributed by atoms with van der Waals surface area (Å²) in [7, 11) is -4.79. The van der Waals surface area contributed by atoms with Gasteiger partial charge in [-0.15, -0.1) is 0 Å². The third kappa shape index (κ3) is 47.0. The summed E-state index contributed by atoms with van der Waals surface area (Å²) in [6, 6.07) is 0. The first-order valence-corrected chi connectivity index (χ1v) is 26.9. The van der Waals surface area contributed by atoms with E-state index in [4.69, 9.17) is 23.3 Å². The zero-order chi connectivity index (χ0) is 49.9. The summed E-state index contributed by atoms with van der Waals surface area (Å²) in [5.74, 6) is -1.79. The molecule has 0 spiro atoms. The molecule has 3 atom stereocenters. The predicted molar refractivity (Wildman–Crippen MR) is 279 cm³/mol. The number of hydrogen-bond donors (Lipinski definition) is 2. The highest BCUT2D eigenvalue weighted by Crippen LogP contribution is 2.43. The first-order chi connectivity index (χ1) is 33.2. The van der Waals surface area contributed by atoms with Gasteiger partial charge in [-0.25, -0.2) is 4.57 Å². The van der Waals surface area contributed by atoms with E-state index >= 15 is 0 Å². The Morgan fingerprint density at radius 3 is 1.16 bits per heavy atom. The maximum Gasteiger partial charge on any atom is 0.472 e. The number of esters is 3. The van der Waals surface area contributed by atoms with Crippen LogP contribution >= 0.6 is 7.82 Å². The lowest BCUT2D eigenvalue weighted by Gasteiger charge is -2.21. The summed E-state index contributed by atoms with van der Waals surface area (Å²) in [5, 5.41) is 9.75. The van der Waals surface area contributed by atoms with E-state index in [1.165, 1.54) is 44.9 Å². The van der Waals surface area contributed by atoms with Crippen molar-refractivity contribution in [1.29, 1.82) is 0 Å². The second kappa shape index (κ2) is 49.3. The Balaban J connectivity index is 5.01. The van der Waals surface area contributed by atoms with Crippen LogP contribution in [0, 0.1) is 0 Å². The standard InChI is InChI=1S/C56H89O11P/c1-4-7-10-13-16-19-22-24-26-28-31-33-36-39-42-45-54(58)63-49-53(67-56(60)47-44-41-38-35-32-29-27-25-23-20-17-14-11-8-5-2)51-65-68(61,62)64-50-52(48-57)66-55(59)46-43-40-37-34-30-21-18-15-12-9-6-3/h7-8,10-11,16-17,19-20,24-27,31-33,35,39,41-42,44,52-53,57H,4-6,9,12-15,18,21-23,28-30,34,36-38,40,43,45-51H2,1-3H3,(H,61,62)/b10-7-,11-8-,19-16-,20-17-,26-24-,27-25-,33-31-,35-32-,42-39-,44-41-. The van der Waals surface area contributed by atoms with E-state index in [1.807, 2.05) is 36.5 Å². The Morgan fingerprint density at radius 2 is 0.765 bits per heavy atom. The van der Waals surface area contributed by atoms with E-state index < -0.39 is 64.4 Å². The zero-order valence-electron chi connectivity index (χ0n) is 42.0. The van der Waals surface area contributed by atoms with Crippen LogP contribution in [0.3, 0.4) is 0 Å². The number of ether oxygens (including phenoxy) is 3. The van der Waals surface area contributed by atoms with E-state index in [0.717, 1.165) is 70.6 Å². The average Bonchev–Trinajstić information content (AvgIpc) is 3.32. The number of aliphatic hydroxyl groups excluding tert-OH is 1. The number of hydrogen-bond acceptors (Lipinski definition) is 10. The lowest BCUT2D eigenvalue weighted by Crippen LogP contribution is -2.30. The van der Waals surface area contributed by atoms with Crippen molar-refractivity contribution < 1.29 is 52.2 Å². The lowest BCUT2D eigenvalue weighted by molar-refractivity contribution is -0.160. The Morgan fingerprint density at radius 1 is 0.426 bits per heavy atom. The van der Waals surface area contributed by atoms with Gasteiger partial charge in [0.15, 0.2) is 6.10 Å². The van der Waals surface area contributed by atoms with Gasteiger partial charge in [0.1, 0.15) is 12.7 Å². The molecule has 0 aromatic heterocycles. The fourth-order valence-electron chi connectivity index (χ4n) is 6.15. The first kappa shape index (κ1) is 63.9. The summed E-state index contributed by atoms with van der Waals surface area (Å²) in [6.07, 6.45) is 59.5. The summed E-state index contributed by atoms with van der Waals surface area (Å²) >= 11 is 0. The second-order valence-corrected chi connectivity index (χ2v) is 17.7. The number of rotatable bonds is 45. The highest BCUT2D eigenvalue weighted by atomic mass is 31.2. The molecule has 68 heavy (non-hydrogen) atoms. The average molecular weight is 969 g/mol. The van der Waals surface area contributed by atoms with E-state index in [0.29, 0.717) is 19.3 Å². The number of aliphatic hydroxyl groups is 1. The van der Waals surface area contributed by atoms with Gasteiger partial charge in [0, 0.05) is 6.42 Å². The maximum atomic E-state index is 12.8. The van der Waals surface area contributed by atoms with Crippen LogP contribution in [0.15, 0.2) is 122 Å². The van der Waals surface area contributed by atoms with Crippen LogP contribution in [0.1, 0.15) is 175 Å². The molecule has 0 saturated carbocycles. The minimum Gasteiger partial charge on any atom is -0.461 e. The Bertz CT molecular complexity index is 1600. The summed E-state index contributed by atoms with van der Waals surface area (Å²) < 4.78 is 39.0. The SMILES string of the molecule is CC/C=C\C/C=C\C/C=C\C/C=C\C/C=C\CC(=O)OCC(COP(=O)(O)OCC(CO)OC(=O)CCCCCCCCCCCCC)OC(=O)C/C=C\C/C=C\C/C=C\C/C=C\C/C=C\CC. The predicted octanol–water partition coefficient (Wildman–Crippen LogP) is 14.5. The van der Waals surface area contributed by atoms with Gasteiger partial charge in [0.25, 0.3) is 0 Å². The van der Waals surface area contributed by atoms with Gasteiger partial charge >= 0.3 is 25.7 Å². The van der Waals surface area contributed by atoms with Gasteiger partial charge in [0.05, 0.1) is 32.7 Å². The van der Waals surface area contributed by atoms with E-state index in [-0.39, 0.29) is 19.3 Å². The number of phosphoric acid groups is 1. The molecular weight excluding hydrogens is 880 g/mol. The highest BCUT2D eigenvalue weighted by molar-refractivity contribution is 7.47. The van der Waals surface area contributed by atoms with Crippen molar-refractivity contribution in [3.8, 4) is 0 Å². The summed E-state index contributed by atoms with van der Waals surface area (Å²) in [5.41, 5.74) is 0. The van der Waals surface area contributed by atoms with Crippen molar-refractivity contribution in [2.24, 2.45) is 0 Å². The van der Waals surface area contributed by atoms with Gasteiger partial charge in [-0.3, -0.25) is 23.4 Å². The monoisotopic (exact) mass is 969 g/mol. The van der Waals surface area contributed by atoms with Crippen molar-refractivity contribution in [1.82, 2.24) is 0 Å². The molecule has 0 bridgehead atoms. The topological polar surface area (TPSA) is 155 Å². The van der Waals surface area contributed by atoms with Crippen LogP contribution in [-0.2, 0) is 42.2 Å². The molecule has 0 radical (unpaired) electrons. The molecule has 0 aromatic carbocycles. The van der Waals surface area contributed by atoms with Crippen molar-refractivity contribution in [3.05, 3.63) is 122 Å². The minimum absolute atomic E-state index is 0.0305. The van der Waals surface area contributed by atoms with Crippen molar-refractivity contribution in [2.75, 3.05) is 26.4 Å². The number of allylic oxidation sites excluding steroid dienone is 18. The third-order valence-corrected chi connectivity index (χ3v) is 10.9. The summed E-state index contributed by atoms with van der Waals surface area (Å²) in [4.78, 5) is 48.1. The van der Waals surface area contributed by atoms with Crippen molar-refractivity contribution >= 4 is 25.7 Å². The van der Waals surface area contributed by atoms with E-state index in [1.54, 1.807) is 12.2 Å². The van der Waals surface area contributed by atoms with Crippen LogP contribution in [0.4, 0.5) is 0 Å². The smallest absolute Gasteiger partial charge is 0.461 e. The molecular formula is C56H89O11P. The molecule has 0 aliphatic carbocycles. The molecule has 0 heterocycles. The molecule has 0 aliphatic heterocycles. The third-order valence-electron chi connectivity index (χ3n) is 9.95. The molecule has 384 valence electrons. The van der Waals surface area contributed by atoms with E-state index in [9.17, 15) is 28.9 Å². The molecule has 0 amide bonds. The molecule has 0 rings (SSSR count). The Hall–Kier alpha value is -4.12. The maximum absolute atomic E-state index is 12.8. The van der Waals surface area contributed by atoms with Gasteiger partial charge in [-0.05, 0) is 70.6 Å². The molecule has 0 aromatic rings. The minimum atomic E-state index is -4.79. The molecule has 11 nitrogen and oxygen atoms in total. The van der Waals surface area contributed by atoms with Gasteiger partial charge in [0.2, 0.25) is 0 Å². The van der Waals surface area contributed by atoms with Crippen molar-refractivity contribution in [2.45, 2.75) is 187 Å². The number of unbranched alkanes of at least 4 members (excludes halogenated alkanes) is 10. The first-order valence-electron chi connectivity index (χ1n) is 25.4. The Labute approximate surface area is 411 Å². The molecule has 0 fully saturated rings. The van der Waals surface area contributed by atoms with Crippen LogP contribution in [0.25, 0.3) is 0 Å². The lowest BCUT2D eigenvalue weighted by atomic mass is 10.1. The fraction of sp³-hybridized carbons (Fsp3) is 0.589. The van der Waals surface area contributed by atoms with Crippen LogP contribution in [0.5, 0.6) is 0 Å². The zero-order valence-corrected chi connectivity index (χ0v) is 42.9. The second-order valence-electron chi connectivity index (χ2n) is 16.3. The van der Waals surface area contributed by atoms with Crippen LogP contribution < -0.4 is 0 Å². The van der Waals surface area contributed by atoms with Crippen LogP contribution in [-0.4, -0.2) is 66.5 Å². The molecule has 0 saturated heterocycles. The number of phosphoric ester groups is 1. The summed E-state index contributed by atoms with van der Waals surface area (Å²) in [6.45, 7) is 4.14. The molecule has 2 N–H and O–H groups in total. The van der Waals surface area contributed by atoms with Gasteiger partial charge in [-0.1, -0.05) is 206 Å². The Kier molecular flexibility index (Phi) is 46.3. The normalized spacial score (nSPS) is 14.5. The molecule has 12 heteroatoms. The van der Waals surface area contributed by atoms with Gasteiger partial charge < -0.3 is 24.2 Å². The van der Waals surface area contributed by atoms with Crippen LogP contribution in [0.2, 0.25) is 0 Å². The fourth-order valence-corrected chi connectivity index (χ4v) is 6.93.